The Hall–Kier alpha value is -0.600. The van der Waals surface area contributed by atoms with Crippen molar-refractivity contribution in [3.05, 3.63) is 34.6 Å². The van der Waals surface area contributed by atoms with Crippen molar-refractivity contribution in [2.24, 2.45) is 0 Å². The van der Waals surface area contributed by atoms with Crippen LogP contribution in [-0.2, 0) is 6.42 Å². The molecule has 3 heteroatoms. The van der Waals surface area contributed by atoms with Crippen LogP contribution in [-0.4, -0.2) is 10.7 Å². The summed E-state index contributed by atoms with van der Waals surface area (Å²) in [6.45, 7) is 0. The van der Waals surface area contributed by atoms with E-state index in [4.69, 9.17) is 11.6 Å². The fraction of sp³-hybridized carbons (Fsp3) is 0.500. The standard InChI is InChI=1S/C12H14ClFO/c13-10-4-3-9(11(14)7-10)8-12(15)5-1-2-6-12/h3-4,7,15H,1-2,5-6,8H2. The number of halogens is 2. The molecule has 0 radical (unpaired) electrons. The average Bonchev–Trinajstić information content (AvgIpc) is 2.58. The zero-order chi connectivity index (χ0) is 10.9. The van der Waals surface area contributed by atoms with Crippen molar-refractivity contribution < 1.29 is 9.50 Å². The summed E-state index contributed by atoms with van der Waals surface area (Å²) in [5, 5.41) is 10.5. The SMILES string of the molecule is OC1(Cc2ccc(Cl)cc2F)CCCC1. The molecule has 0 saturated heterocycles. The molecule has 0 heterocycles. The van der Waals surface area contributed by atoms with Gasteiger partial charge in [-0.2, -0.15) is 0 Å². The van der Waals surface area contributed by atoms with Gasteiger partial charge in [-0.3, -0.25) is 0 Å². The third kappa shape index (κ3) is 2.50. The van der Waals surface area contributed by atoms with E-state index in [1.165, 1.54) is 6.07 Å². The second-order valence-electron chi connectivity index (χ2n) is 4.34. The predicted octanol–water partition coefficient (Wildman–Crippen LogP) is 3.33. The largest absolute Gasteiger partial charge is 0.390 e. The summed E-state index contributed by atoms with van der Waals surface area (Å²) in [5.74, 6) is -0.317. The van der Waals surface area contributed by atoms with Gasteiger partial charge in [0.1, 0.15) is 5.82 Å². The molecular weight excluding hydrogens is 215 g/mol. The molecule has 0 spiro atoms. The molecule has 0 amide bonds. The predicted molar refractivity (Wildman–Crippen MR) is 58.5 cm³/mol. The molecule has 1 aromatic rings. The van der Waals surface area contributed by atoms with Gasteiger partial charge in [0.15, 0.2) is 0 Å². The van der Waals surface area contributed by atoms with Crippen LogP contribution in [0.4, 0.5) is 4.39 Å². The lowest BCUT2D eigenvalue weighted by Gasteiger charge is -2.22. The maximum atomic E-state index is 13.5. The number of hydrogen-bond donors (Lipinski definition) is 1. The summed E-state index contributed by atoms with van der Waals surface area (Å²) >= 11 is 5.67. The summed E-state index contributed by atoms with van der Waals surface area (Å²) < 4.78 is 13.5. The Morgan fingerprint density at radius 1 is 1.33 bits per heavy atom. The van der Waals surface area contributed by atoms with Crippen LogP contribution in [0.2, 0.25) is 5.02 Å². The topological polar surface area (TPSA) is 20.2 Å². The van der Waals surface area contributed by atoms with Crippen molar-refractivity contribution >= 4 is 11.6 Å². The van der Waals surface area contributed by atoms with Crippen LogP contribution < -0.4 is 0 Å². The zero-order valence-corrected chi connectivity index (χ0v) is 9.23. The Bertz CT molecular complexity index is 359. The quantitative estimate of drug-likeness (QED) is 0.823. The Kier molecular flexibility index (Phi) is 2.98. The van der Waals surface area contributed by atoms with Gasteiger partial charge < -0.3 is 5.11 Å². The average molecular weight is 229 g/mol. The van der Waals surface area contributed by atoms with Gasteiger partial charge in [-0.05, 0) is 30.5 Å². The van der Waals surface area contributed by atoms with Gasteiger partial charge in [0.2, 0.25) is 0 Å². The summed E-state index contributed by atoms with van der Waals surface area (Å²) in [6, 6.07) is 4.63. The van der Waals surface area contributed by atoms with Crippen molar-refractivity contribution in [3.8, 4) is 0 Å². The van der Waals surface area contributed by atoms with E-state index in [-0.39, 0.29) is 5.82 Å². The van der Waals surface area contributed by atoms with Crippen molar-refractivity contribution in [2.45, 2.75) is 37.7 Å². The molecule has 0 aliphatic heterocycles. The first kappa shape index (κ1) is 10.9. The van der Waals surface area contributed by atoms with E-state index in [0.29, 0.717) is 17.0 Å². The van der Waals surface area contributed by atoms with Crippen LogP contribution >= 0.6 is 11.6 Å². The molecule has 0 bridgehead atoms. The van der Waals surface area contributed by atoms with Crippen LogP contribution in [0, 0.1) is 5.82 Å². The molecule has 1 nitrogen and oxygen atoms in total. The summed E-state index contributed by atoms with van der Waals surface area (Å²) in [6.07, 6.45) is 4.01. The molecule has 0 unspecified atom stereocenters. The summed E-state index contributed by atoms with van der Waals surface area (Å²) in [5.41, 5.74) is -0.141. The molecule has 1 saturated carbocycles. The smallest absolute Gasteiger partial charge is 0.127 e. The van der Waals surface area contributed by atoms with E-state index >= 15 is 0 Å². The normalized spacial score (nSPS) is 19.4. The van der Waals surface area contributed by atoms with Gasteiger partial charge in [-0.25, -0.2) is 4.39 Å². The molecule has 0 aromatic heterocycles. The molecule has 1 N–H and O–H groups in total. The van der Waals surface area contributed by atoms with Crippen LogP contribution in [0.1, 0.15) is 31.2 Å². The number of hydrogen-bond acceptors (Lipinski definition) is 1. The molecule has 0 atom stereocenters. The van der Waals surface area contributed by atoms with E-state index < -0.39 is 5.60 Å². The molecule has 1 aromatic carbocycles. The van der Waals surface area contributed by atoms with Gasteiger partial charge in [0, 0.05) is 11.4 Å². The lowest BCUT2D eigenvalue weighted by Crippen LogP contribution is -2.27. The summed E-state index contributed by atoms with van der Waals surface area (Å²) in [4.78, 5) is 0. The van der Waals surface area contributed by atoms with Gasteiger partial charge in [0.25, 0.3) is 0 Å². The first-order valence-corrected chi connectivity index (χ1v) is 5.63. The minimum absolute atomic E-state index is 0.317. The minimum atomic E-state index is -0.700. The van der Waals surface area contributed by atoms with Crippen molar-refractivity contribution in [1.29, 1.82) is 0 Å². The molecule has 2 rings (SSSR count). The highest BCUT2D eigenvalue weighted by atomic mass is 35.5. The fourth-order valence-electron chi connectivity index (χ4n) is 2.23. The molecule has 15 heavy (non-hydrogen) atoms. The third-order valence-corrected chi connectivity index (χ3v) is 3.30. The van der Waals surface area contributed by atoms with Gasteiger partial charge in [0.05, 0.1) is 5.60 Å². The number of aliphatic hydroxyl groups is 1. The van der Waals surface area contributed by atoms with Gasteiger partial charge in [-0.1, -0.05) is 30.5 Å². The van der Waals surface area contributed by atoms with E-state index in [2.05, 4.69) is 0 Å². The Labute approximate surface area is 93.9 Å². The molecule has 1 aliphatic rings. The van der Waals surface area contributed by atoms with Crippen LogP contribution in [0.5, 0.6) is 0 Å². The maximum absolute atomic E-state index is 13.5. The molecular formula is C12H14ClFO. The Morgan fingerprint density at radius 2 is 2.00 bits per heavy atom. The first-order chi connectivity index (χ1) is 7.09. The number of rotatable bonds is 2. The highest BCUT2D eigenvalue weighted by Gasteiger charge is 2.31. The van der Waals surface area contributed by atoms with Crippen molar-refractivity contribution in [2.75, 3.05) is 0 Å². The van der Waals surface area contributed by atoms with E-state index in [1.807, 2.05) is 0 Å². The second-order valence-corrected chi connectivity index (χ2v) is 4.78. The Balaban J connectivity index is 2.16. The molecule has 1 aliphatic carbocycles. The fourth-order valence-corrected chi connectivity index (χ4v) is 2.39. The number of benzene rings is 1. The summed E-state index contributed by atoms with van der Waals surface area (Å²) in [7, 11) is 0. The molecule has 82 valence electrons. The van der Waals surface area contributed by atoms with Crippen LogP contribution in [0.25, 0.3) is 0 Å². The first-order valence-electron chi connectivity index (χ1n) is 5.25. The van der Waals surface area contributed by atoms with Crippen LogP contribution in [0.15, 0.2) is 18.2 Å². The van der Waals surface area contributed by atoms with E-state index in [0.717, 1.165) is 25.7 Å². The van der Waals surface area contributed by atoms with E-state index in [9.17, 15) is 9.50 Å². The van der Waals surface area contributed by atoms with Crippen molar-refractivity contribution in [1.82, 2.24) is 0 Å². The van der Waals surface area contributed by atoms with Crippen molar-refractivity contribution in [3.63, 3.8) is 0 Å². The van der Waals surface area contributed by atoms with E-state index in [1.54, 1.807) is 12.1 Å². The van der Waals surface area contributed by atoms with Gasteiger partial charge in [-0.15, -0.1) is 0 Å². The Morgan fingerprint density at radius 3 is 2.60 bits per heavy atom. The maximum Gasteiger partial charge on any atom is 0.127 e. The lowest BCUT2D eigenvalue weighted by atomic mass is 9.93. The molecule has 1 fully saturated rings. The zero-order valence-electron chi connectivity index (χ0n) is 8.47. The van der Waals surface area contributed by atoms with Gasteiger partial charge >= 0.3 is 0 Å². The monoisotopic (exact) mass is 228 g/mol. The highest BCUT2D eigenvalue weighted by molar-refractivity contribution is 6.30. The lowest BCUT2D eigenvalue weighted by molar-refractivity contribution is 0.0473. The highest BCUT2D eigenvalue weighted by Crippen LogP contribution is 2.33. The minimum Gasteiger partial charge on any atom is -0.390 e. The second kappa shape index (κ2) is 4.11. The van der Waals surface area contributed by atoms with Crippen LogP contribution in [0.3, 0.4) is 0 Å². The third-order valence-electron chi connectivity index (χ3n) is 3.07.